The lowest BCUT2D eigenvalue weighted by Crippen LogP contribution is -2.31. The van der Waals surface area contributed by atoms with Crippen LogP contribution in [0.15, 0.2) is 18.2 Å². The Bertz CT molecular complexity index is 498. The van der Waals surface area contributed by atoms with Gasteiger partial charge in [-0.05, 0) is 25.0 Å². The predicted octanol–water partition coefficient (Wildman–Crippen LogP) is 2.30. The second-order valence-corrected chi connectivity index (χ2v) is 4.54. The summed E-state index contributed by atoms with van der Waals surface area (Å²) in [5.41, 5.74) is 0.565. The van der Waals surface area contributed by atoms with Gasteiger partial charge in [0.25, 0.3) is 0 Å². The molecule has 1 amide bonds. The summed E-state index contributed by atoms with van der Waals surface area (Å²) in [6.07, 6.45) is 3.22. The maximum absolute atomic E-state index is 12.1. The Labute approximate surface area is 111 Å². The Hall–Kier alpha value is -2.04. The summed E-state index contributed by atoms with van der Waals surface area (Å²) in [6.45, 7) is 0.562. The van der Waals surface area contributed by atoms with E-state index in [4.69, 9.17) is 4.74 Å². The third kappa shape index (κ3) is 2.86. The number of rotatable bonds is 3. The highest BCUT2D eigenvalue weighted by molar-refractivity contribution is 6.02. The molecule has 0 bridgehead atoms. The van der Waals surface area contributed by atoms with Gasteiger partial charge >= 0.3 is 5.97 Å². The van der Waals surface area contributed by atoms with Crippen molar-refractivity contribution in [1.29, 1.82) is 0 Å². The SMILES string of the molecule is COc1ccc(C(=O)O)c(N2CCCCCC2=O)c1. The minimum atomic E-state index is -1.03. The van der Waals surface area contributed by atoms with Crippen LogP contribution < -0.4 is 9.64 Å². The van der Waals surface area contributed by atoms with Gasteiger partial charge in [0.15, 0.2) is 0 Å². The number of nitrogens with zero attached hydrogens (tertiary/aromatic N) is 1. The van der Waals surface area contributed by atoms with E-state index in [1.807, 2.05) is 0 Å². The summed E-state index contributed by atoms with van der Waals surface area (Å²) in [5, 5.41) is 9.24. The van der Waals surface area contributed by atoms with Crippen molar-refractivity contribution in [2.24, 2.45) is 0 Å². The van der Waals surface area contributed by atoms with Crippen LogP contribution in [0.5, 0.6) is 5.75 Å². The number of hydrogen-bond acceptors (Lipinski definition) is 3. The Morgan fingerprint density at radius 2 is 2.11 bits per heavy atom. The quantitative estimate of drug-likeness (QED) is 0.908. The molecule has 1 saturated heterocycles. The standard InChI is InChI=1S/C14H17NO4/c1-19-10-6-7-11(14(17)18)12(9-10)15-8-4-2-3-5-13(15)16/h6-7,9H,2-5,8H2,1H3,(H,17,18). The summed E-state index contributed by atoms with van der Waals surface area (Å²) in [6, 6.07) is 4.69. The number of aromatic carboxylic acids is 1. The van der Waals surface area contributed by atoms with Crippen LogP contribution in [0.1, 0.15) is 36.0 Å². The largest absolute Gasteiger partial charge is 0.497 e. The van der Waals surface area contributed by atoms with Gasteiger partial charge in [-0.2, -0.15) is 0 Å². The third-order valence-electron chi connectivity index (χ3n) is 3.30. The lowest BCUT2D eigenvalue weighted by Gasteiger charge is -2.23. The highest BCUT2D eigenvalue weighted by Gasteiger charge is 2.23. The first-order valence-electron chi connectivity index (χ1n) is 6.35. The summed E-state index contributed by atoms with van der Waals surface area (Å²) >= 11 is 0. The average Bonchev–Trinajstić information content (AvgIpc) is 2.62. The van der Waals surface area contributed by atoms with E-state index in [9.17, 15) is 14.7 Å². The fourth-order valence-electron chi connectivity index (χ4n) is 2.28. The number of methoxy groups -OCH3 is 1. The molecular weight excluding hydrogens is 246 g/mol. The van der Waals surface area contributed by atoms with Crippen molar-refractivity contribution in [1.82, 2.24) is 0 Å². The summed E-state index contributed by atoms with van der Waals surface area (Å²) < 4.78 is 5.12. The molecule has 0 unspecified atom stereocenters. The van der Waals surface area contributed by atoms with E-state index in [1.54, 1.807) is 17.0 Å². The lowest BCUT2D eigenvalue weighted by atomic mass is 10.1. The Morgan fingerprint density at radius 3 is 2.79 bits per heavy atom. The minimum Gasteiger partial charge on any atom is -0.497 e. The van der Waals surface area contributed by atoms with Crippen molar-refractivity contribution >= 4 is 17.6 Å². The molecule has 2 rings (SSSR count). The molecule has 1 aliphatic heterocycles. The molecule has 1 aliphatic rings. The topological polar surface area (TPSA) is 66.8 Å². The van der Waals surface area contributed by atoms with Crippen LogP contribution in [0.4, 0.5) is 5.69 Å². The van der Waals surface area contributed by atoms with E-state index < -0.39 is 5.97 Å². The van der Waals surface area contributed by atoms with Crippen LogP contribution in [0, 0.1) is 0 Å². The number of hydrogen-bond donors (Lipinski definition) is 1. The fraction of sp³-hybridized carbons (Fsp3) is 0.429. The summed E-state index contributed by atoms with van der Waals surface area (Å²) in [5.74, 6) is -0.500. The van der Waals surface area contributed by atoms with Gasteiger partial charge < -0.3 is 14.7 Å². The van der Waals surface area contributed by atoms with E-state index in [0.717, 1.165) is 19.3 Å². The Balaban J connectivity index is 2.45. The van der Waals surface area contributed by atoms with Crippen molar-refractivity contribution < 1.29 is 19.4 Å². The zero-order valence-corrected chi connectivity index (χ0v) is 10.9. The second kappa shape index (κ2) is 5.73. The maximum atomic E-state index is 12.1. The van der Waals surface area contributed by atoms with Crippen LogP contribution >= 0.6 is 0 Å². The van der Waals surface area contributed by atoms with E-state index in [1.165, 1.54) is 13.2 Å². The first kappa shape index (κ1) is 13.4. The zero-order chi connectivity index (χ0) is 13.8. The number of carboxylic acids is 1. The van der Waals surface area contributed by atoms with Crippen molar-refractivity contribution in [3.63, 3.8) is 0 Å². The van der Waals surface area contributed by atoms with Gasteiger partial charge in [0, 0.05) is 19.0 Å². The summed E-state index contributed by atoms with van der Waals surface area (Å²) in [4.78, 5) is 24.9. The number of benzene rings is 1. The predicted molar refractivity (Wildman–Crippen MR) is 70.8 cm³/mol. The molecule has 1 aromatic carbocycles. The van der Waals surface area contributed by atoms with Gasteiger partial charge in [-0.25, -0.2) is 4.79 Å². The van der Waals surface area contributed by atoms with Crippen LogP contribution in [-0.4, -0.2) is 30.6 Å². The zero-order valence-electron chi connectivity index (χ0n) is 10.9. The van der Waals surface area contributed by atoms with E-state index >= 15 is 0 Å². The van der Waals surface area contributed by atoms with Gasteiger partial charge in [-0.3, -0.25) is 4.79 Å². The van der Waals surface area contributed by atoms with E-state index in [-0.39, 0.29) is 11.5 Å². The molecule has 5 nitrogen and oxygen atoms in total. The Morgan fingerprint density at radius 1 is 1.32 bits per heavy atom. The molecule has 1 N–H and O–H groups in total. The second-order valence-electron chi connectivity index (χ2n) is 4.54. The third-order valence-corrected chi connectivity index (χ3v) is 3.30. The molecule has 0 spiro atoms. The molecular formula is C14H17NO4. The maximum Gasteiger partial charge on any atom is 0.337 e. The average molecular weight is 263 g/mol. The van der Waals surface area contributed by atoms with Gasteiger partial charge in [0.2, 0.25) is 5.91 Å². The minimum absolute atomic E-state index is 0.0201. The van der Waals surface area contributed by atoms with Crippen LogP contribution in [0.3, 0.4) is 0 Å². The number of carbonyl (C=O) groups is 2. The molecule has 0 aromatic heterocycles. The molecule has 0 radical (unpaired) electrons. The molecule has 1 heterocycles. The molecule has 0 aliphatic carbocycles. The molecule has 0 atom stereocenters. The highest BCUT2D eigenvalue weighted by atomic mass is 16.5. The fourth-order valence-corrected chi connectivity index (χ4v) is 2.28. The number of amides is 1. The molecule has 19 heavy (non-hydrogen) atoms. The van der Waals surface area contributed by atoms with Gasteiger partial charge in [0.1, 0.15) is 5.75 Å². The highest BCUT2D eigenvalue weighted by Crippen LogP contribution is 2.28. The van der Waals surface area contributed by atoms with Crippen molar-refractivity contribution in [3.05, 3.63) is 23.8 Å². The Kier molecular flexibility index (Phi) is 4.04. The molecule has 1 aromatic rings. The van der Waals surface area contributed by atoms with Crippen molar-refractivity contribution in [2.45, 2.75) is 25.7 Å². The first-order valence-corrected chi connectivity index (χ1v) is 6.35. The number of carboxylic acid groups (broad SMARTS) is 1. The van der Waals surface area contributed by atoms with Gasteiger partial charge in [0.05, 0.1) is 18.4 Å². The summed E-state index contributed by atoms with van der Waals surface area (Å²) in [7, 11) is 1.52. The lowest BCUT2D eigenvalue weighted by molar-refractivity contribution is -0.118. The number of ether oxygens (including phenoxy) is 1. The van der Waals surface area contributed by atoms with E-state index in [2.05, 4.69) is 0 Å². The van der Waals surface area contributed by atoms with Crippen molar-refractivity contribution in [2.75, 3.05) is 18.6 Å². The number of carbonyl (C=O) groups excluding carboxylic acids is 1. The van der Waals surface area contributed by atoms with Gasteiger partial charge in [-0.1, -0.05) is 6.42 Å². The van der Waals surface area contributed by atoms with Crippen LogP contribution in [0.25, 0.3) is 0 Å². The molecule has 0 saturated carbocycles. The van der Waals surface area contributed by atoms with Crippen molar-refractivity contribution in [3.8, 4) is 5.75 Å². The smallest absolute Gasteiger partial charge is 0.337 e. The molecule has 102 valence electrons. The number of anilines is 1. The monoisotopic (exact) mass is 263 g/mol. The first-order chi connectivity index (χ1) is 9.13. The van der Waals surface area contributed by atoms with Crippen LogP contribution in [-0.2, 0) is 4.79 Å². The normalized spacial score (nSPS) is 16.1. The molecule has 5 heteroatoms. The van der Waals surface area contributed by atoms with E-state index in [0.29, 0.717) is 24.4 Å². The van der Waals surface area contributed by atoms with Gasteiger partial charge in [-0.15, -0.1) is 0 Å². The molecule has 1 fully saturated rings. The van der Waals surface area contributed by atoms with Crippen LogP contribution in [0.2, 0.25) is 0 Å².